The first kappa shape index (κ1) is 31.2. The molecule has 0 radical (unpaired) electrons. The number of hydrogen-bond donors (Lipinski definition) is 2. The number of rotatable bonds is 8. The minimum atomic E-state index is -0.814. The van der Waals surface area contributed by atoms with Gasteiger partial charge in [-0.2, -0.15) is 0 Å². The van der Waals surface area contributed by atoms with Gasteiger partial charge in [-0.15, -0.1) is 0 Å². The minimum absolute atomic E-state index is 0. The van der Waals surface area contributed by atoms with Crippen LogP contribution < -0.4 is 70.2 Å². The Balaban J connectivity index is -0.0000000609. The predicted octanol–water partition coefficient (Wildman–Crippen LogP) is -1.27. The van der Waals surface area contributed by atoms with Gasteiger partial charge in [0.05, 0.1) is 0 Å². The van der Waals surface area contributed by atoms with Gasteiger partial charge in [0.2, 0.25) is 5.91 Å². The number of imide groups is 1. The van der Waals surface area contributed by atoms with E-state index < -0.39 is 10.4 Å². The Morgan fingerprint density at radius 3 is 1.55 bits per heavy atom. The molecule has 0 heterocycles. The normalized spacial score (nSPS) is 9.50. The molecular formula is C15H33BrN2Na2O2. The molecule has 0 fully saturated rings. The molecule has 0 aliphatic carbocycles. The Bertz CT molecular complexity index is 280. The molecule has 7 heteroatoms. The molecule has 124 valence electrons. The van der Waals surface area contributed by atoms with Crippen molar-refractivity contribution in [1.29, 1.82) is 0 Å². The van der Waals surface area contributed by atoms with Gasteiger partial charge in [0.1, 0.15) is 4.32 Å². The number of carbonyl (C=O) groups is 2. The smallest absolute Gasteiger partial charge is 1.00 e. The molecule has 0 spiro atoms. The Kier molecular flexibility index (Phi) is 29.0. The first-order valence-corrected chi connectivity index (χ1v) is 8.46. The van der Waals surface area contributed by atoms with Crippen LogP contribution in [0.25, 0.3) is 0 Å². The second-order valence-electron chi connectivity index (χ2n) is 4.91. The standard InChI is InChI=1S/C8H18.C7H13BrN2O2.2Na.2H/c1-3-5-7-8-6-4-2;1-3-7(8,4-2)5(11)10-6(9)12;;;;/h3-8H2,1-2H3;3-4H2,1-2H3,(H3,9,10,11,12);;;;/q;;2*+1;2*-1. The fourth-order valence-electron chi connectivity index (χ4n) is 1.65. The molecule has 0 saturated carbocycles. The molecule has 0 aliphatic heterocycles. The molecule has 3 N–H and O–H groups in total. The Morgan fingerprint density at radius 1 is 0.955 bits per heavy atom. The summed E-state index contributed by atoms with van der Waals surface area (Å²) in [6.07, 6.45) is 9.72. The third-order valence-corrected chi connectivity index (χ3v) is 4.70. The molecule has 22 heavy (non-hydrogen) atoms. The third-order valence-electron chi connectivity index (χ3n) is 3.22. The van der Waals surface area contributed by atoms with Gasteiger partial charge < -0.3 is 8.59 Å². The van der Waals surface area contributed by atoms with Gasteiger partial charge in [0.15, 0.2) is 0 Å². The van der Waals surface area contributed by atoms with E-state index in [0.29, 0.717) is 12.8 Å². The van der Waals surface area contributed by atoms with Gasteiger partial charge in [-0.05, 0) is 12.8 Å². The van der Waals surface area contributed by atoms with Crippen molar-refractivity contribution in [2.45, 2.75) is 83.4 Å². The van der Waals surface area contributed by atoms with Crippen LogP contribution in [0.4, 0.5) is 4.79 Å². The zero-order valence-corrected chi connectivity index (χ0v) is 21.0. The number of halogens is 1. The summed E-state index contributed by atoms with van der Waals surface area (Å²) < 4.78 is -0.665. The van der Waals surface area contributed by atoms with E-state index in [1.54, 1.807) is 0 Å². The van der Waals surface area contributed by atoms with E-state index in [4.69, 9.17) is 5.73 Å². The summed E-state index contributed by atoms with van der Waals surface area (Å²) in [5, 5.41) is 2.04. The molecule has 0 aromatic heterocycles. The number of nitrogens with one attached hydrogen (secondary N) is 1. The maximum absolute atomic E-state index is 11.3. The quantitative estimate of drug-likeness (QED) is 0.304. The first-order valence-electron chi connectivity index (χ1n) is 7.67. The van der Waals surface area contributed by atoms with E-state index in [0.717, 1.165) is 0 Å². The Morgan fingerprint density at radius 2 is 1.32 bits per heavy atom. The van der Waals surface area contributed by atoms with Crippen LogP contribution in [-0.4, -0.2) is 16.3 Å². The summed E-state index contributed by atoms with van der Waals surface area (Å²) >= 11 is 3.26. The van der Waals surface area contributed by atoms with Crippen molar-refractivity contribution in [2.75, 3.05) is 0 Å². The second kappa shape index (κ2) is 20.5. The van der Waals surface area contributed by atoms with Crippen LogP contribution in [0.3, 0.4) is 0 Å². The fourth-order valence-corrected chi connectivity index (χ4v) is 1.75. The van der Waals surface area contributed by atoms with E-state index in [1.165, 1.54) is 38.5 Å². The van der Waals surface area contributed by atoms with E-state index in [2.05, 4.69) is 29.8 Å². The number of unbranched alkanes of at least 4 members (excludes halogenated alkanes) is 5. The summed E-state index contributed by atoms with van der Waals surface area (Å²) in [5.74, 6) is -0.375. The van der Waals surface area contributed by atoms with Crippen molar-refractivity contribution in [3.63, 3.8) is 0 Å². The molecule has 0 rings (SSSR count). The predicted molar refractivity (Wildman–Crippen MR) is 91.2 cm³/mol. The number of nitrogens with two attached hydrogens (primary N) is 1. The maximum Gasteiger partial charge on any atom is 1.00 e. The molecular weight excluding hydrogens is 366 g/mol. The fraction of sp³-hybridized carbons (Fsp3) is 0.867. The van der Waals surface area contributed by atoms with Crippen LogP contribution in [0.15, 0.2) is 0 Å². The van der Waals surface area contributed by atoms with Gasteiger partial charge >= 0.3 is 65.1 Å². The minimum Gasteiger partial charge on any atom is -1.00 e. The van der Waals surface area contributed by atoms with Crippen molar-refractivity contribution < 1.29 is 71.6 Å². The number of hydrogen-bond acceptors (Lipinski definition) is 2. The monoisotopic (exact) mass is 398 g/mol. The molecule has 3 amide bonds. The summed E-state index contributed by atoms with van der Waals surface area (Å²) in [5.41, 5.74) is 4.81. The molecule has 0 bridgehead atoms. The van der Waals surface area contributed by atoms with E-state index in [1.807, 2.05) is 19.2 Å². The number of primary amides is 1. The first-order chi connectivity index (χ1) is 9.37. The SMILES string of the molecule is CCC(Br)(CC)C(=O)NC(N)=O.CCCCCCCC.[H-].[H-].[Na+].[Na+]. The van der Waals surface area contributed by atoms with Gasteiger partial charge in [-0.3, -0.25) is 10.1 Å². The van der Waals surface area contributed by atoms with Crippen LogP contribution >= 0.6 is 15.9 Å². The summed E-state index contributed by atoms with van der Waals surface area (Å²) in [6.45, 7) is 8.23. The topological polar surface area (TPSA) is 72.2 Å². The van der Waals surface area contributed by atoms with E-state index >= 15 is 0 Å². The maximum atomic E-state index is 11.3. The average molecular weight is 399 g/mol. The van der Waals surface area contributed by atoms with Crippen molar-refractivity contribution >= 4 is 27.9 Å². The van der Waals surface area contributed by atoms with Crippen molar-refractivity contribution in [2.24, 2.45) is 5.73 Å². The summed E-state index contributed by atoms with van der Waals surface area (Å²) in [6, 6.07) is -0.814. The number of amides is 3. The van der Waals surface area contributed by atoms with Crippen LogP contribution in [-0.2, 0) is 4.79 Å². The van der Waals surface area contributed by atoms with Gasteiger partial charge in [-0.1, -0.05) is 82.1 Å². The second-order valence-corrected chi connectivity index (χ2v) is 6.42. The van der Waals surface area contributed by atoms with Crippen molar-refractivity contribution in [3.8, 4) is 0 Å². The molecule has 4 nitrogen and oxygen atoms in total. The van der Waals surface area contributed by atoms with Crippen molar-refractivity contribution in [3.05, 3.63) is 0 Å². The number of urea groups is 1. The Hall–Kier alpha value is 1.42. The molecule has 0 atom stereocenters. The van der Waals surface area contributed by atoms with Crippen LogP contribution in [0.5, 0.6) is 0 Å². The Labute approximate surface area is 192 Å². The van der Waals surface area contributed by atoms with Gasteiger partial charge in [-0.25, -0.2) is 4.79 Å². The van der Waals surface area contributed by atoms with E-state index in [9.17, 15) is 9.59 Å². The third kappa shape index (κ3) is 17.8. The number of alkyl halides is 1. The summed E-state index contributed by atoms with van der Waals surface area (Å²) in [4.78, 5) is 21.6. The van der Waals surface area contributed by atoms with Crippen LogP contribution in [0, 0.1) is 0 Å². The average Bonchev–Trinajstić information content (AvgIpc) is 2.42. The van der Waals surface area contributed by atoms with Crippen LogP contribution in [0.1, 0.15) is 81.9 Å². The molecule has 0 aromatic carbocycles. The molecule has 0 unspecified atom stereocenters. The molecule has 0 aromatic rings. The van der Waals surface area contributed by atoms with E-state index in [-0.39, 0.29) is 67.9 Å². The van der Waals surface area contributed by atoms with Gasteiger partial charge in [0.25, 0.3) is 0 Å². The largest absolute Gasteiger partial charge is 1.00 e. The van der Waals surface area contributed by atoms with Crippen LogP contribution in [0.2, 0.25) is 0 Å². The zero-order valence-electron chi connectivity index (χ0n) is 17.4. The zero-order chi connectivity index (χ0) is 16.0. The van der Waals surface area contributed by atoms with Gasteiger partial charge in [0, 0.05) is 0 Å². The number of carbonyl (C=O) groups excluding carboxylic acids is 2. The molecule has 0 saturated heterocycles. The van der Waals surface area contributed by atoms with Crippen molar-refractivity contribution in [1.82, 2.24) is 5.32 Å². The summed E-state index contributed by atoms with van der Waals surface area (Å²) in [7, 11) is 0. The molecule has 0 aliphatic rings.